The van der Waals surface area contributed by atoms with E-state index in [0.29, 0.717) is 29.5 Å². The van der Waals surface area contributed by atoms with Gasteiger partial charge in [-0.15, -0.1) is 10.2 Å². The summed E-state index contributed by atoms with van der Waals surface area (Å²) in [5.74, 6) is 5.86. The van der Waals surface area contributed by atoms with Crippen molar-refractivity contribution in [1.29, 1.82) is 0 Å². The number of nitrogens with zero attached hydrogens (tertiary/aromatic N) is 4. The lowest BCUT2D eigenvalue weighted by molar-refractivity contribution is -0.129. The van der Waals surface area contributed by atoms with Crippen LogP contribution in [-0.2, 0) is 14.6 Å². The number of hydrogen-bond acceptors (Lipinski definition) is 7. The van der Waals surface area contributed by atoms with Crippen molar-refractivity contribution >= 4 is 27.5 Å². The van der Waals surface area contributed by atoms with E-state index >= 15 is 0 Å². The van der Waals surface area contributed by atoms with E-state index < -0.39 is 15.7 Å². The quantitative estimate of drug-likeness (QED) is 0.554. The van der Waals surface area contributed by atoms with Crippen molar-refractivity contribution in [2.75, 3.05) is 29.6 Å². The number of halogens is 1. The highest BCUT2D eigenvalue weighted by Gasteiger charge is 2.33. The Hall–Kier alpha value is -2.14. The van der Waals surface area contributed by atoms with E-state index in [0.717, 1.165) is 11.8 Å². The molecule has 1 aromatic carbocycles. The summed E-state index contributed by atoms with van der Waals surface area (Å²) in [6.07, 6.45) is 0.462. The van der Waals surface area contributed by atoms with Crippen LogP contribution in [0.1, 0.15) is 13.3 Å². The molecule has 0 radical (unpaired) electrons. The second kappa shape index (κ2) is 7.85. The summed E-state index contributed by atoms with van der Waals surface area (Å²) in [6.45, 7) is 2.25. The first kappa shape index (κ1) is 19.6. The molecule has 1 aliphatic rings. The molecule has 1 saturated heterocycles. The molecule has 27 heavy (non-hydrogen) atoms. The van der Waals surface area contributed by atoms with E-state index in [2.05, 4.69) is 10.2 Å². The summed E-state index contributed by atoms with van der Waals surface area (Å²) >= 11 is 1.11. The highest BCUT2D eigenvalue weighted by molar-refractivity contribution is 7.99. The van der Waals surface area contributed by atoms with Crippen molar-refractivity contribution in [2.24, 2.45) is 0 Å². The lowest BCUT2D eigenvalue weighted by atomic mass is 10.2. The Morgan fingerprint density at radius 2 is 2.22 bits per heavy atom. The van der Waals surface area contributed by atoms with Gasteiger partial charge in [0.2, 0.25) is 11.1 Å². The number of carbonyl (C=O) groups excluding carboxylic acids is 1. The molecule has 0 saturated carbocycles. The lowest BCUT2D eigenvalue weighted by Gasteiger charge is -2.26. The normalized spacial score (nSPS) is 18.5. The van der Waals surface area contributed by atoms with Crippen LogP contribution in [0.2, 0.25) is 0 Å². The number of thioether (sulfide) groups is 1. The van der Waals surface area contributed by atoms with E-state index in [1.54, 1.807) is 17.0 Å². The van der Waals surface area contributed by atoms with Crippen molar-refractivity contribution in [2.45, 2.75) is 24.5 Å². The molecule has 1 aliphatic heterocycles. The third-order valence-corrected chi connectivity index (χ3v) is 7.06. The maximum absolute atomic E-state index is 13.4. The van der Waals surface area contributed by atoms with Crippen molar-refractivity contribution in [3.8, 4) is 11.4 Å². The summed E-state index contributed by atoms with van der Waals surface area (Å²) in [4.78, 5) is 14.1. The molecular weight excluding hydrogens is 393 g/mol. The van der Waals surface area contributed by atoms with Crippen LogP contribution in [0.3, 0.4) is 0 Å². The van der Waals surface area contributed by atoms with Gasteiger partial charge in [-0.25, -0.2) is 17.5 Å². The third kappa shape index (κ3) is 4.41. The van der Waals surface area contributed by atoms with Crippen LogP contribution in [0.15, 0.2) is 29.4 Å². The minimum Gasteiger partial charge on any atom is -0.338 e. The van der Waals surface area contributed by atoms with Gasteiger partial charge in [0.1, 0.15) is 5.82 Å². The second-order valence-corrected chi connectivity index (χ2v) is 9.38. The highest BCUT2D eigenvalue weighted by atomic mass is 32.2. The highest BCUT2D eigenvalue weighted by Crippen LogP contribution is 2.24. The van der Waals surface area contributed by atoms with Crippen molar-refractivity contribution in [3.05, 3.63) is 30.1 Å². The first-order valence-corrected chi connectivity index (χ1v) is 11.2. The zero-order chi connectivity index (χ0) is 19.6. The van der Waals surface area contributed by atoms with Crippen LogP contribution in [-0.4, -0.2) is 63.9 Å². The molecule has 1 aromatic heterocycles. The van der Waals surface area contributed by atoms with Gasteiger partial charge in [-0.05, 0) is 25.5 Å². The SMILES string of the molecule is CCN(C(=O)CSc1nnc(-c2cccc(F)c2)n1N)[C@@H]1CCS(=O)(=O)C1. The van der Waals surface area contributed by atoms with Crippen LogP contribution in [0.4, 0.5) is 4.39 Å². The first-order chi connectivity index (χ1) is 12.8. The number of rotatable bonds is 6. The average Bonchev–Trinajstić information content (AvgIpc) is 3.16. The molecule has 2 N–H and O–H groups in total. The summed E-state index contributed by atoms with van der Waals surface area (Å²) in [5, 5.41) is 8.24. The Bertz CT molecular complexity index is 947. The molecule has 146 valence electrons. The predicted octanol–water partition coefficient (Wildman–Crippen LogP) is 0.926. The van der Waals surface area contributed by atoms with E-state index in [9.17, 15) is 17.6 Å². The Balaban J connectivity index is 1.67. The fourth-order valence-electron chi connectivity index (χ4n) is 3.07. The van der Waals surface area contributed by atoms with E-state index in [4.69, 9.17) is 5.84 Å². The number of nitrogen functional groups attached to an aromatic ring is 1. The molecular formula is C16H20FN5O3S2. The number of carbonyl (C=O) groups is 1. The summed E-state index contributed by atoms with van der Waals surface area (Å²) in [5.41, 5.74) is 0.481. The zero-order valence-corrected chi connectivity index (χ0v) is 16.3. The molecule has 8 nitrogen and oxygen atoms in total. The summed E-state index contributed by atoms with van der Waals surface area (Å²) in [7, 11) is -3.07. The van der Waals surface area contributed by atoms with Gasteiger partial charge in [0.25, 0.3) is 0 Å². The number of nitrogens with two attached hydrogens (primary N) is 1. The number of hydrogen-bond donors (Lipinski definition) is 1. The standard InChI is InChI=1S/C16H20FN5O3S2/c1-2-21(13-6-7-27(24,25)10-13)14(23)9-26-16-20-19-15(22(16)18)11-4-3-5-12(17)8-11/h3-5,8,13H,2,6-7,9-10,18H2,1H3/t13-/m1/s1. The second-order valence-electron chi connectivity index (χ2n) is 6.21. The smallest absolute Gasteiger partial charge is 0.233 e. The van der Waals surface area contributed by atoms with Gasteiger partial charge in [-0.2, -0.15) is 0 Å². The first-order valence-electron chi connectivity index (χ1n) is 8.40. The van der Waals surface area contributed by atoms with Gasteiger partial charge < -0.3 is 10.7 Å². The third-order valence-electron chi connectivity index (χ3n) is 4.38. The Morgan fingerprint density at radius 1 is 1.44 bits per heavy atom. The maximum atomic E-state index is 13.4. The van der Waals surface area contributed by atoms with Crippen LogP contribution in [0.5, 0.6) is 0 Å². The van der Waals surface area contributed by atoms with E-state index in [1.807, 2.05) is 6.92 Å². The summed E-state index contributed by atoms with van der Waals surface area (Å²) in [6, 6.07) is 5.54. The van der Waals surface area contributed by atoms with Gasteiger partial charge in [0.05, 0.1) is 17.3 Å². The van der Waals surface area contributed by atoms with Crippen LogP contribution >= 0.6 is 11.8 Å². The Morgan fingerprint density at radius 3 is 2.85 bits per heavy atom. The molecule has 2 aromatic rings. The van der Waals surface area contributed by atoms with Gasteiger partial charge >= 0.3 is 0 Å². The molecule has 0 aliphatic carbocycles. The number of amides is 1. The molecule has 1 atom stereocenters. The summed E-state index contributed by atoms with van der Waals surface area (Å²) < 4.78 is 37.9. The molecule has 1 amide bonds. The zero-order valence-electron chi connectivity index (χ0n) is 14.7. The molecule has 0 unspecified atom stereocenters. The van der Waals surface area contributed by atoms with Crippen molar-refractivity contribution in [3.63, 3.8) is 0 Å². The number of sulfone groups is 1. The van der Waals surface area contributed by atoms with E-state index in [-0.39, 0.29) is 29.2 Å². The topological polar surface area (TPSA) is 111 Å². The molecule has 11 heteroatoms. The maximum Gasteiger partial charge on any atom is 0.233 e. The number of aromatic nitrogens is 3. The Labute approximate surface area is 160 Å². The van der Waals surface area contributed by atoms with Crippen LogP contribution in [0, 0.1) is 5.82 Å². The van der Waals surface area contributed by atoms with Gasteiger partial charge in [0.15, 0.2) is 15.7 Å². The lowest BCUT2D eigenvalue weighted by Crippen LogP contribution is -2.42. The van der Waals surface area contributed by atoms with Crippen LogP contribution < -0.4 is 5.84 Å². The fourth-order valence-corrected chi connectivity index (χ4v) is 5.54. The minimum absolute atomic E-state index is 0.00797. The molecule has 2 heterocycles. The fraction of sp³-hybridized carbons (Fsp3) is 0.438. The van der Waals surface area contributed by atoms with Crippen LogP contribution in [0.25, 0.3) is 11.4 Å². The largest absolute Gasteiger partial charge is 0.338 e. The number of benzene rings is 1. The monoisotopic (exact) mass is 413 g/mol. The molecule has 3 rings (SSSR count). The van der Waals surface area contributed by atoms with Gasteiger partial charge in [-0.3, -0.25) is 4.79 Å². The molecule has 0 bridgehead atoms. The Kier molecular flexibility index (Phi) is 5.70. The van der Waals surface area contributed by atoms with Crippen molar-refractivity contribution in [1.82, 2.24) is 19.8 Å². The van der Waals surface area contributed by atoms with Gasteiger partial charge in [-0.1, -0.05) is 23.9 Å². The molecule has 0 spiro atoms. The van der Waals surface area contributed by atoms with Crippen molar-refractivity contribution < 1.29 is 17.6 Å². The van der Waals surface area contributed by atoms with Gasteiger partial charge in [0, 0.05) is 18.2 Å². The van der Waals surface area contributed by atoms with E-state index in [1.165, 1.54) is 16.8 Å². The predicted molar refractivity (Wildman–Crippen MR) is 101 cm³/mol. The average molecular weight is 414 g/mol. The minimum atomic E-state index is -3.07. The molecule has 1 fully saturated rings.